The molecule has 0 bridgehead atoms. The van der Waals surface area contributed by atoms with E-state index in [-0.39, 0.29) is 4.90 Å². The Hall–Kier alpha value is -2.60. The molecule has 2 heterocycles. The summed E-state index contributed by atoms with van der Waals surface area (Å²) in [6.07, 6.45) is 0. The number of carbonyl (C=O) groups excluding carboxylic acids is 1. The van der Waals surface area contributed by atoms with Crippen LogP contribution < -0.4 is 19.7 Å². The first-order valence-corrected chi connectivity index (χ1v) is 13.9. The first kappa shape index (κ1) is 25.5. The van der Waals surface area contributed by atoms with Gasteiger partial charge in [0.15, 0.2) is 15.0 Å². The van der Waals surface area contributed by atoms with Crippen molar-refractivity contribution in [1.82, 2.24) is 15.2 Å². The van der Waals surface area contributed by atoms with Crippen LogP contribution in [0.5, 0.6) is 11.5 Å². The summed E-state index contributed by atoms with van der Waals surface area (Å²) in [5.74, 6) is 0.385. The van der Waals surface area contributed by atoms with Crippen LogP contribution >= 0.6 is 22.9 Å². The fraction of sp³-hybridized carbons (Fsp3) is 0.391. The number of hydrogen-bond acceptors (Lipinski definition) is 9. The van der Waals surface area contributed by atoms with Crippen LogP contribution in [0.4, 0.5) is 5.13 Å². The molecule has 4 rings (SSSR count). The molecule has 0 aliphatic carbocycles. The molecule has 0 radical (unpaired) electrons. The third kappa shape index (κ3) is 5.97. The average molecular weight is 539 g/mol. The molecule has 9 nitrogen and oxygen atoms in total. The number of hydrogen-bond donors (Lipinski definition) is 1. The van der Waals surface area contributed by atoms with Crippen molar-refractivity contribution < 1.29 is 22.7 Å². The number of anilines is 1. The number of halogens is 1. The Morgan fingerprint density at radius 1 is 1.06 bits per heavy atom. The van der Waals surface area contributed by atoms with Crippen LogP contribution in [0.3, 0.4) is 0 Å². The molecule has 1 fully saturated rings. The quantitative estimate of drug-likeness (QED) is 0.444. The van der Waals surface area contributed by atoms with Gasteiger partial charge in [0.25, 0.3) is 0 Å². The zero-order valence-electron chi connectivity index (χ0n) is 19.5. The maximum atomic E-state index is 12.4. The lowest BCUT2D eigenvalue weighted by molar-refractivity contribution is -0.118. The van der Waals surface area contributed by atoms with Crippen molar-refractivity contribution >= 4 is 54.0 Å². The SMILES string of the molecule is COc1ccc(OC)c2sc(N3CCN(CCNC(=O)CS(=O)(=O)c4ccc(Cl)cc4)CC3)nc12. The molecule has 12 heteroatoms. The zero-order chi connectivity index (χ0) is 25.0. The van der Waals surface area contributed by atoms with E-state index in [1.807, 2.05) is 12.1 Å². The highest BCUT2D eigenvalue weighted by atomic mass is 35.5. The fourth-order valence-electron chi connectivity index (χ4n) is 3.87. The van der Waals surface area contributed by atoms with Crippen LogP contribution in [0.2, 0.25) is 5.02 Å². The molecule has 1 aromatic heterocycles. The van der Waals surface area contributed by atoms with Gasteiger partial charge in [-0.1, -0.05) is 22.9 Å². The van der Waals surface area contributed by atoms with Crippen LogP contribution in [0.1, 0.15) is 0 Å². The number of rotatable bonds is 9. The largest absolute Gasteiger partial charge is 0.495 e. The summed E-state index contributed by atoms with van der Waals surface area (Å²) >= 11 is 7.38. The van der Waals surface area contributed by atoms with Gasteiger partial charge in [0.05, 0.1) is 19.1 Å². The van der Waals surface area contributed by atoms with E-state index in [1.165, 1.54) is 24.3 Å². The number of nitrogens with zero attached hydrogens (tertiary/aromatic N) is 3. The number of nitrogens with one attached hydrogen (secondary N) is 1. The van der Waals surface area contributed by atoms with Crippen LogP contribution in [-0.2, 0) is 14.6 Å². The molecule has 0 atom stereocenters. The van der Waals surface area contributed by atoms with E-state index in [4.69, 9.17) is 26.1 Å². The molecular weight excluding hydrogens is 512 g/mol. The smallest absolute Gasteiger partial charge is 0.235 e. The van der Waals surface area contributed by atoms with Gasteiger partial charge in [0, 0.05) is 44.3 Å². The molecule has 1 saturated heterocycles. The number of sulfone groups is 1. The monoisotopic (exact) mass is 538 g/mol. The van der Waals surface area contributed by atoms with Gasteiger partial charge >= 0.3 is 0 Å². The Morgan fingerprint density at radius 3 is 2.37 bits per heavy atom. The predicted molar refractivity (Wildman–Crippen MR) is 138 cm³/mol. The molecule has 1 aliphatic heterocycles. The second-order valence-corrected chi connectivity index (χ2v) is 11.4. The number of methoxy groups -OCH3 is 2. The van der Waals surface area contributed by atoms with E-state index in [0.29, 0.717) is 18.1 Å². The average Bonchev–Trinajstić information content (AvgIpc) is 3.29. The topological polar surface area (TPSA) is 101 Å². The molecule has 0 saturated carbocycles. The summed E-state index contributed by atoms with van der Waals surface area (Å²) in [6, 6.07) is 9.54. The highest BCUT2D eigenvalue weighted by molar-refractivity contribution is 7.92. The second kappa shape index (κ2) is 11.0. The van der Waals surface area contributed by atoms with Crippen LogP contribution in [-0.4, -0.2) is 83.4 Å². The van der Waals surface area contributed by atoms with Crippen LogP contribution in [0.25, 0.3) is 10.2 Å². The lowest BCUT2D eigenvalue weighted by Crippen LogP contribution is -2.48. The summed E-state index contributed by atoms with van der Waals surface area (Å²) < 4.78 is 36.7. The number of aromatic nitrogens is 1. The van der Waals surface area contributed by atoms with Gasteiger partial charge in [-0.2, -0.15) is 0 Å². The van der Waals surface area contributed by atoms with Crippen molar-refractivity contribution in [3.63, 3.8) is 0 Å². The van der Waals surface area contributed by atoms with Gasteiger partial charge in [-0.05, 0) is 36.4 Å². The third-order valence-corrected chi connectivity index (χ3v) is 8.80. The first-order valence-electron chi connectivity index (χ1n) is 11.0. The van der Waals surface area contributed by atoms with E-state index < -0.39 is 21.5 Å². The molecule has 0 spiro atoms. The standard InChI is InChI=1S/C23H27ClN4O5S2/c1-32-18-7-8-19(33-2)22-21(18)26-23(34-22)28-13-11-27(12-14-28)10-9-25-20(29)15-35(30,31)17-5-3-16(24)4-6-17/h3-8H,9-15H2,1-2H3,(H,25,29). The van der Waals surface area contributed by atoms with Crippen molar-refractivity contribution in [3.05, 3.63) is 41.4 Å². The first-order chi connectivity index (χ1) is 16.8. The van der Waals surface area contributed by atoms with Gasteiger partial charge in [-0.25, -0.2) is 13.4 Å². The third-order valence-electron chi connectivity index (χ3n) is 5.79. The van der Waals surface area contributed by atoms with E-state index in [2.05, 4.69) is 15.1 Å². The summed E-state index contributed by atoms with van der Waals surface area (Å²) in [7, 11) is -0.431. The number of piperazine rings is 1. The molecule has 2 aromatic carbocycles. The summed E-state index contributed by atoms with van der Waals surface area (Å²) in [6.45, 7) is 4.23. The van der Waals surface area contributed by atoms with Crippen molar-refractivity contribution in [1.29, 1.82) is 0 Å². The Bertz CT molecular complexity index is 1250. The van der Waals surface area contributed by atoms with Gasteiger partial charge in [0.1, 0.15) is 27.5 Å². The Morgan fingerprint density at radius 2 is 1.71 bits per heavy atom. The minimum atomic E-state index is -3.71. The minimum Gasteiger partial charge on any atom is -0.495 e. The minimum absolute atomic E-state index is 0.0817. The lowest BCUT2D eigenvalue weighted by Gasteiger charge is -2.34. The lowest BCUT2D eigenvalue weighted by atomic mass is 10.3. The highest BCUT2D eigenvalue weighted by Gasteiger charge is 2.23. The summed E-state index contributed by atoms with van der Waals surface area (Å²) in [5.41, 5.74) is 0.797. The second-order valence-electron chi connectivity index (χ2n) is 8.04. The maximum Gasteiger partial charge on any atom is 0.235 e. The number of thiazole rings is 1. The summed E-state index contributed by atoms with van der Waals surface area (Å²) in [4.78, 5) is 21.5. The normalized spacial score (nSPS) is 14.8. The van der Waals surface area contributed by atoms with Crippen molar-refractivity contribution in [3.8, 4) is 11.5 Å². The molecule has 1 amide bonds. The molecule has 0 unspecified atom stereocenters. The number of fused-ring (bicyclic) bond motifs is 1. The zero-order valence-corrected chi connectivity index (χ0v) is 21.9. The van der Waals surface area contributed by atoms with E-state index in [0.717, 1.165) is 53.0 Å². The van der Waals surface area contributed by atoms with Crippen molar-refractivity contribution in [2.24, 2.45) is 0 Å². The Kier molecular flexibility index (Phi) is 8.00. The van der Waals surface area contributed by atoms with E-state index in [1.54, 1.807) is 25.6 Å². The fourth-order valence-corrected chi connectivity index (χ4v) is 6.29. The van der Waals surface area contributed by atoms with Crippen molar-refractivity contribution in [2.45, 2.75) is 4.90 Å². The van der Waals surface area contributed by atoms with Crippen LogP contribution in [0.15, 0.2) is 41.3 Å². The molecule has 35 heavy (non-hydrogen) atoms. The number of ether oxygens (including phenoxy) is 2. The van der Waals surface area contributed by atoms with Crippen molar-refractivity contribution in [2.75, 3.05) is 64.1 Å². The Balaban J connectivity index is 1.26. The molecule has 1 N–H and O–H groups in total. The molecule has 188 valence electrons. The summed E-state index contributed by atoms with van der Waals surface area (Å²) in [5, 5.41) is 4.08. The van der Waals surface area contributed by atoms with Gasteiger partial charge in [-0.3, -0.25) is 9.69 Å². The maximum absolute atomic E-state index is 12.4. The van der Waals surface area contributed by atoms with E-state index >= 15 is 0 Å². The molecular formula is C23H27ClN4O5S2. The molecule has 1 aliphatic rings. The predicted octanol–water partition coefficient (Wildman–Crippen LogP) is 2.68. The number of amides is 1. The number of benzene rings is 2. The van der Waals surface area contributed by atoms with Gasteiger partial charge in [-0.15, -0.1) is 0 Å². The van der Waals surface area contributed by atoms with Crippen LogP contribution in [0, 0.1) is 0 Å². The van der Waals surface area contributed by atoms with Gasteiger partial charge < -0.3 is 19.7 Å². The van der Waals surface area contributed by atoms with E-state index in [9.17, 15) is 13.2 Å². The van der Waals surface area contributed by atoms with Gasteiger partial charge in [0.2, 0.25) is 5.91 Å². The highest BCUT2D eigenvalue weighted by Crippen LogP contribution is 2.40. The molecule has 3 aromatic rings. The Labute approximate surface area is 213 Å². The number of carbonyl (C=O) groups is 1.